The van der Waals surface area contributed by atoms with E-state index in [1.807, 2.05) is 0 Å². The molecule has 0 bridgehead atoms. The number of fused-ring (bicyclic) bond motifs is 1. The number of nitrogens with zero attached hydrogens (tertiary/aromatic N) is 2. The summed E-state index contributed by atoms with van der Waals surface area (Å²) in [4.78, 5) is 11.0. The molecule has 7 heteroatoms. The molecule has 6 nitrogen and oxygen atoms in total. The van der Waals surface area contributed by atoms with Crippen LogP contribution in [0.2, 0.25) is 0 Å². The van der Waals surface area contributed by atoms with Gasteiger partial charge in [-0.2, -0.15) is 0 Å². The Morgan fingerprint density at radius 1 is 1.32 bits per heavy atom. The normalized spacial score (nSPS) is 13.9. The van der Waals surface area contributed by atoms with E-state index in [2.05, 4.69) is 44.5 Å². The maximum Gasteiger partial charge on any atom is 0.331 e. The monoisotopic (exact) mass is 319 g/mol. The summed E-state index contributed by atoms with van der Waals surface area (Å²) in [6, 6.07) is 8.84. The van der Waals surface area contributed by atoms with Crippen molar-refractivity contribution in [3.63, 3.8) is 0 Å². The predicted molar refractivity (Wildman–Crippen MR) is 82.8 cm³/mol. The fraction of sp³-hybridized carbons (Fsp3) is 0.400. The molecule has 0 unspecified atom stereocenters. The number of ether oxygens (including phenoxy) is 2. The minimum atomic E-state index is -0.397. The van der Waals surface area contributed by atoms with Crippen molar-refractivity contribution in [3.05, 3.63) is 40.4 Å². The zero-order valence-corrected chi connectivity index (χ0v) is 13.1. The third-order valence-electron chi connectivity index (χ3n) is 3.52. The molecule has 1 aliphatic carbocycles. The van der Waals surface area contributed by atoms with Crippen molar-refractivity contribution in [1.82, 2.24) is 10.2 Å². The average molecular weight is 319 g/mol. The van der Waals surface area contributed by atoms with Gasteiger partial charge in [-0.1, -0.05) is 35.6 Å². The van der Waals surface area contributed by atoms with Gasteiger partial charge in [0.25, 0.3) is 0 Å². The van der Waals surface area contributed by atoms with Crippen molar-refractivity contribution in [2.75, 3.05) is 19.0 Å². The highest BCUT2D eigenvalue weighted by Gasteiger charge is 2.21. The number of aromatic nitrogens is 2. The molecule has 3 rings (SSSR count). The van der Waals surface area contributed by atoms with Crippen molar-refractivity contribution >= 4 is 22.4 Å². The topological polar surface area (TPSA) is 73.3 Å². The predicted octanol–water partition coefficient (Wildman–Crippen LogP) is 1.81. The highest BCUT2D eigenvalue weighted by Crippen LogP contribution is 2.25. The second-order valence-corrected chi connectivity index (χ2v) is 6.15. The van der Waals surface area contributed by atoms with E-state index in [-0.39, 0.29) is 13.2 Å². The van der Waals surface area contributed by atoms with E-state index in [0.29, 0.717) is 6.04 Å². The van der Waals surface area contributed by atoms with Crippen LogP contribution in [0.25, 0.3) is 0 Å². The summed E-state index contributed by atoms with van der Waals surface area (Å²) in [6.45, 7) is 0.191. The van der Waals surface area contributed by atoms with E-state index in [1.165, 1.54) is 29.6 Å². The van der Waals surface area contributed by atoms with Crippen LogP contribution in [-0.4, -0.2) is 35.9 Å². The Labute approximate surface area is 132 Å². The summed E-state index contributed by atoms with van der Waals surface area (Å²) < 4.78 is 9.72. The molecule has 0 saturated heterocycles. The van der Waals surface area contributed by atoms with Crippen LogP contribution in [-0.2, 0) is 33.7 Å². The van der Waals surface area contributed by atoms with Crippen LogP contribution in [0.3, 0.4) is 0 Å². The van der Waals surface area contributed by atoms with Gasteiger partial charge in [0.2, 0.25) is 5.13 Å². The van der Waals surface area contributed by atoms with E-state index in [9.17, 15) is 4.79 Å². The van der Waals surface area contributed by atoms with Crippen LogP contribution >= 0.6 is 11.3 Å². The summed E-state index contributed by atoms with van der Waals surface area (Å²) in [5, 5.41) is 13.1. The SMILES string of the molecule is COC(=O)COCc1nnc(NC2Cc3ccccc3C2)s1. The number of methoxy groups -OCH3 is 1. The van der Waals surface area contributed by atoms with Crippen molar-refractivity contribution in [1.29, 1.82) is 0 Å². The van der Waals surface area contributed by atoms with Gasteiger partial charge < -0.3 is 14.8 Å². The number of esters is 1. The smallest absolute Gasteiger partial charge is 0.331 e. The van der Waals surface area contributed by atoms with Gasteiger partial charge in [-0.25, -0.2) is 4.79 Å². The van der Waals surface area contributed by atoms with Crippen LogP contribution in [0.15, 0.2) is 24.3 Å². The first-order chi connectivity index (χ1) is 10.7. The Kier molecular flexibility index (Phi) is 4.65. The summed E-state index contributed by atoms with van der Waals surface area (Å²) in [6.07, 6.45) is 2.01. The number of rotatable bonds is 6. The third kappa shape index (κ3) is 3.61. The number of hydrogen-bond acceptors (Lipinski definition) is 7. The molecule has 1 aromatic carbocycles. The van der Waals surface area contributed by atoms with Gasteiger partial charge in [0, 0.05) is 6.04 Å². The molecular formula is C15H17N3O3S. The molecule has 22 heavy (non-hydrogen) atoms. The zero-order valence-electron chi connectivity index (χ0n) is 12.2. The Morgan fingerprint density at radius 2 is 2.05 bits per heavy atom. The van der Waals surface area contributed by atoms with E-state index in [4.69, 9.17) is 4.74 Å². The average Bonchev–Trinajstić information content (AvgIpc) is 3.13. The van der Waals surface area contributed by atoms with Crippen molar-refractivity contribution < 1.29 is 14.3 Å². The number of carbonyl (C=O) groups excluding carboxylic acids is 1. The van der Waals surface area contributed by atoms with Crippen LogP contribution in [0.5, 0.6) is 0 Å². The van der Waals surface area contributed by atoms with Gasteiger partial charge in [0.1, 0.15) is 18.2 Å². The molecular weight excluding hydrogens is 302 g/mol. The van der Waals surface area contributed by atoms with Gasteiger partial charge in [-0.3, -0.25) is 0 Å². The first kappa shape index (κ1) is 14.9. The molecule has 1 heterocycles. The molecule has 0 fully saturated rings. The Morgan fingerprint density at radius 3 is 2.73 bits per heavy atom. The second-order valence-electron chi connectivity index (χ2n) is 5.09. The summed E-state index contributed by atoms with van der Waals surface area (Å²) in [7, 11) is 1.33. The number of anilines is 1. The minimum absolute atomic E-state index is 0.0726. The first-order valence-electron chi connectivity index (χ1n) is 7.05. The highest BCUT2D eigenvalue weighted by atomic mass is 32.1. The fourth-order valence-corrected chi connectivity index (χ4v) is 3.24. The fourth-order valence-electron chi connectivity index (χ4n) is 2.49. The minimum Gasteiger partial charge on any atom is -0.467 e. The lowest BCUT2D eigenvalue weighted by Gasteiger charge is -2.09. The maximum absolute atomic E-state index is 11.0. The van der Waals surface area contributed by atoms with Crippen molar-refractivity contribution in [2.45, 2.75) is 25.5 Å². The van der Waals surface area contributed by atoms with E-state index < -0.39 is 5.97 Å². The summed E-state index contributed by atoms with van der Waals surface area (Å²) in [5.41, 5.74) is 2.79. The molecule has 2 aromatic rings. The van der Waals surface area contributed by atoms with Crippen molar-refractivity contribution in [2.24, 2.45) is 0 Å². The molecule has 1 aliphatic rings. The van der Waals surface area contributed by atoms with Crippen LogP contribution in [0.4, 0.5) is 5.13 Å². The van der Waals surface area contributed by atoms with Crippen LogP contribution < -0.4 is 5.32 Å². The summed E-state index contributed by atoms with van der Waals surface area (Å²) in [5.74, 6) is -0.397. The molecule has 0 radical (unpaired) electrons. The largest absolute Gasteiger partial charge is 0.467 e. The molecule has 0 spiro atoms. The molecule has 0 aliphatic heterocycles. The van der Waals surface area contributed by atoms with Crippen molar-refractivity contribution in [3.8, 4) is 0 Å². The molecule has 0 atom stereocenters. The lowest BCUT2D eigenvalue weighted by atomic mass is 10.1. The number of hydrogen-bond donors (Lipinski definition) is 1. The summed E-state index contributed by atoms with van der Waals surface area (Å²) >= 11 is 1.45. The highest BCUT2D eigenvalue weighted by molar-refractivity contribution is 7.15. The van der Waals surface area contributed by atoms with Crippen LogP contribution in [0, 0.1) is 0 Å². The maximum atomic E-state index is 11.0. The molecule has 116 valence electrons. The molecule has 0 saturated carbocycles. The standard InChI is InChI=1S/C15H17N3O3S/c1-20-14(19)9-21-8-13-17-18-15(22-13)16-12-6-10-4-2-3-5-11(10)7-12/h2-5,12H,6-9H2,1H3,(H,16,18). The lowest BCUT2D eigenvalue weighted by Crippen LogP contribution is -2.19. The van der Waals surface area contributed by atoms with Crippen LogP contribution in [0.1, 0.15) is 16.1 Å². The van der Waals surface area contributed by atoms with E-state index in [1.54, 1.807) is 0 Å². The first-order valence-corrected chi connectivity index (χ1v) is 7.86. The van der Waals surface area contributed by atoms with Gasteiger partial charge >= 0.3 is 5.97 Å². The van der Waals surface area contributed by atoms with Gasteiger partial charge in [-0.15, -0.1) is 10.2 Å². The lowest BCUT2D eigenvalue weighted by molar-refractivity contribution is -0.146. The van der Waals surface area contributed by atoms with Gasteiger partial charge in [-0.05, 0) is 24.0 Å². The Balaban J connectivity index is 1.49. The number of nitrogens with one attached hydrogen (secondary N) is 1. The van der Waals surface area contributed by atoms with Gasteiger partial charge in [0.15, 0.2) is 0 Å². The molecule has 1 aromatic heterocycles. The van der Waals surface area contributed by atoms with E-state index in [0.717, 1.165) is 23.0 Å². The molecule has 1 N–H and O–H groups in total. The number of carbonyl (C=O) groups is 1. The van der Waals surface area contributed by atoms with Gasteiger partial charge in [0.05, 0.1) is 7.11 Å². The second kappa shape index (κ2) is 6.85. The zero-order chi connectivity index (χ0) is 15.4. The Bertz CT molecular complexity index is 634. The number of benzene rings is 1. The Hall–Kier alpha value is -1.99. The molecule has 0 amide bonds. The third-order valence-corrected chi connectivity index (χ3v) is 4.35. The van der Waals surface area contributed by atoms with E-state index >= 15 is 0 Å². The quantitative estimate of drug-likeness (QED) is 0.819.